The highest BCUT2D eigenvalue weighted by molar-refractivity contribution is 6.31. The van der Waals surface area contributed by atoms with Crippen LogP contribution in [0.4, 0.5) is 0 Å². The summed E-state index contributed by atoms with van der Waals surface area (Å²) in [6.45, 7) is 4.33. The fourth-order valence-electron chi connectivity index (χ4n) is 3.76. The molecule has 25 heavy (non-hydrogen) atoms. The van der Waals surface area contributed by atoms with Gasteiger partial charge in [-0.15, -0.1) is 0 Å². The number of nitrogens with zero attached hydrogens (tertiary/aromatic N) is 2. The van der Waals surface area contributed by atoms with Gasteiger partial charge in [0.25, 0.3) is 0 Å². The monoisotopic (exact) mass is 354 g/mol. The number of hydrogen-bond donors (Lipinski definition) is 0. The van der Waals surface area contributed by atoms with Gasteiger partial charge in [0.05, 0.1) is 0 Å². The van der Waals surface area contributed by atoms with Gasteiger partial charge in [-0.2, -0.15) is 0 Å². The molecule has 2 fully saturated rings. The van der Waals surface area contributed by atoms with Crippen molar-refractivity contribution in [1.29, 1.82) is 0 Å². The first-order chi connectivity index (χ1) is 12.2. The molecule has 0 radical (unpaired) electrons. The zero-order valence-electron chi connectivity index (χ0n) is 14.3. The average molecular weight is 355 g/mol. The minimum Gasteiger partial charge on any atom is -0.340 e. The largest absolute Gasteiger partial charge is 0.340 e. The quantitative estimate of drug-likeness (QED) is 0.834. The molecule has 1 aliphatic heterocycles. The lowest BCUT2D eigenvalue weighted by molar-refractivity contribution is -0.134. The van der Waals surface area contributed by atoms with Crippen LogP contribution in [0.1, 0.15) is 23.5 Å². The molecule has 130 valence electrons. The molecule has 2 aromatic rings. The topological polar surface area (TPSA) is 23.6 Å². The first kappa shape index (κ1) is 16.6. The van der Waals surface area contributed by atoms with Crippen molar-refractivity contribution in [2.45, 2.75) is 18.9 Å². The van der Waals surface area contributed by atoms with E-state index in [2.05, 4.69) is 40.1 Å². The summed E-state index contributed by atoms with van der Waals surface area (Å²) in [6, 6.07) is 18.4. The fraction of sp³-hybridized carbons (Fsp3) is 0.381. The second-order valence-corrected chi connectivity index (χ2v) is 7.46. The Morgan fingerprint density at radius 3 is 2.36 bits per heavy atom. The minimum atomic E-state index is 0.192. The van der Waals surface area contributed by atoms with E-state index in [9.17, 15) is 4.79 Å². The van der Waals surface area contributed by atoms with Crippen molar-refractivity contribution in [3.8, 4) is 0 Å². The van der Waals surface area contributed by atoms with Crippen molar-refractivity contribution >= 4 is 17.5 Å². The first-order valence-corrected chi connectivity index (χ1v) is 9.39. The third kappa shape index (κ3) is 3.73. The molecule has 2 atom stereocenters. The van der Waals surface area contributed by atoms with Crippen LogP contribution in [-0.4, -0.2) is 41.9 Å². The van der Waals surface area contributed by atoms with Crippen LogP contribution in [0.15, 0.2) is 54.6 Å². The Balaban J connectivity index is 1.29. The van der Waals surface area contributed by atoms with Crippen LogP contribution in [0.25, 0.3) is 0 Å². The highest BCUT2D eigenvalue weighted by Gasteiger charge is 2.45. The van der Waals surface area contributed by atoms with E-state index in [1.807, 2.05) is 24.3 Å². The van der Waals surface area contributed by atoms with Crippen molar-refractivity contribution < 1.29 is 4.79 Å². The molecule has 1 saturated carbocycles. The summed E-state index contributed by atoms with van der Waals surface area (Å²) in [7, 11) is 0. The molecule has 0 spiro atoms. The number of benzene rings is 2. The van der Waals surface area contributed by atoms with Gasteiger partial charge in [-0.3, -0.25) is 9.69 Å². The van der Waals surface area contributed by atoms with Gasteiger partial charge in [0, 0.05) is 43.7 Å². The fourth-order valence-corrected chi connectivity index (χ4v) is 3.96. The van der Waals surface area contributed by atoms with Gasteiger partial charge in [-0.1, -0.05) is 60.1 Å². The Hall–Kier alpha value is -1.84. The summed E-state index contributed by atoms with van der Waals surface area (Å²) in [5.74, 6) is 0.957. The number of rotatable bonds is 4. The minimum absolute atomic E-state index is 0.192. The molecule has 0 bridgehead atoms. The Morgan fingerprint density at radius 2 is 1.64 bits per heavy atom. The van der Waals surface area contributed by atoms with Crippen molar-refractivity contribution in [3.63, 3.8) is 0 Å². The van der Waals surface area contributed by atoms with Crippen LogP contribution in [0.2, 0.25) is 5.02 Å². The van der Waals surface area contributed by atoms with Crippen LogP contribution < -0.4 is 0 Å². The van der Waals surface area contributed by atoms with E-state index < -0.39 is 0 Å². The lowest BCUT2D eigenvalue weighted by atomic mass is 10.1. The molecule has 2 aliphatic rings. The van der Waals surface area contributed by atoms with E-state index in [0.29, 0.717) is 11.8 Å². The molecule has 4 rings (SSSR count). The van der Waals surface area contributed by atoms with Crippen LogP contribution in [0, 0.1) is 5.92 Å². The molecular weight excluding hydrogens is 332 g/mol. The van der Waals surface area contributed by atoms with Gasteiger partial charge in [0.15, 0.2) is 0 Å². The summed E-state index contributed by atoms with van der Waals surface area (Å²) in [5, 5.41) is 0.824. The number of carbonyl (C=O) groups excluding carboxylic acids is 1. The van der Waals surface area contributed by atoms with E-state index >= 15 is 0 Å². The van der Waals surface area contributed by atoms with E-state index in [1.54, 1.807) is 0 Å². The predicted octanol–water partition coefficient (Wildman–Crippen LogP) is 3.79. The number of carbonyl (C=O) groups is 1. The third-order valence-electron chi connectivity index (χ3n) is 5.37. The van der Waals surface area contributed by atoms with E-state index in [4.69, 9.17) is 11.6 Å². The molecule has 1 saturated heterocycles. The van der Waals surface area contributed by atoms with Crippen LogP contribution in [0.5, 0.6) is 0 Å². The van der Waals surface area contributed by atoms with E-state index in [-0.39, 0.29) is 5.92 Å². The molecule has 0 N–H and O–H groups in total. The van der Waals surface area contributed by atoms with Gasteiger partial charge in [0.1, 0.15) is 0 Å². The molecule has 0 aromatic heterocycles. The maximum Gasteiger partial charge on any atom is 0.226 e. The second kappa shape index (κ2) is 7.19. The zero-order valence-corrected chi connectivity index (χ0v) is 15.0. The molecule has 1 amide bonds. The maximum atomic E-state index is 12.7. The van der Waals surface area contributed by atoms with E-state index in [0.717, 1.165) is 49.7 Å². The van der Waals surface area contributed by atoms with Gasteiger partial charge in [-0.25, -0.2) is 0 Å². The summed E-state index contributed by atoms with van der Waals surface area (Å²) in [5.41, 5.74) is 2.47. The first-order valence-electron chi connectivity index (χ1n) is 9.02. The third-order valence-corrected chi connectivity index (χ3v) is 5.74. The van der Waals surface area contributed by atoms with Crippen LogP contribution in [-0.2, 0) is 11.3 Å². The standard InChI is InChI=1S/C21H23ClN2O/c22-20-9-5-4-8-17(20)15-23-10-12-24(13-11-23)21(25)19-14-18(19)16-6-2-1-3-7-16/h1-9,18-19H,10-15H2/t18-,19-/m0/s1. The summed E-state index contributed by atoms with van der Waals surface area (Å²) < 4.78 is 0. The highest BCUT2D eigenvalue weighted by Crippen LogP contribution is 2.48. The van der Waals surface area contributed by atoms with Gasteiger partial charge in [0.2, 0.25) is 5.91 Å². The van der Waals surface area contributed by atoms with Crippen molar-refractivity contribution in [2.75, 3.05) is 26.2 Å². The molecule has 1 aliphatic carbocycles. The summed E-state index contributed by atoms with van der Waals surface area (Å²) >= 11 is 6.26. The van der Waals surface area contributed by atoms with Crippen molar-refractivity contribution in [3.05, 3.63) is 70.7 Å². The Kier molecular flexibility index (Phi) is 4.78. The molecule has 4 heteroatoms. The lowest BCUT2D eigenvalue weighted by Gasteiger charge is -2.35. The zero-order chi connectivity index (χ0) is 17.2. The normalized spacial score (nSPS) is 23.5. The van der Waals surface area contributed by atoms with Gasteiger partial charge < -0.3 is 4.90 Å². The van der Waals surface area contributed by atoms with E-state index in [1.165, 1.54) is 5.56 Å². The van der Waals surface area contributed by atoms with Crippen LogP contribution >= 0.6 is 11.6 Å². The number of piperazine rings is 1. The molecule has 0 unspecified atom stereocenters. The van der Waals surface area contributed by atoms with Gasteiger partial charge in [-0.05, 0) is 29.5 Å². The van der Waals surface area contributed by atoms with Crippen LogP contribution in [0.3, 0.4) is 0 Å². The lowest BCUT2D eigenvalue weighted by Crippen LogP contribution is -2.48. The smallest absolute Gasteiger partial charge is 0.226 e. The predicted molar refractivity (Wildman–Crippen MR) is 101 cm³/mol. The van der Waals surface area contributed by atoms with Gasteiger partial charge >= 0.3 is 0 Å². The number of amides is 1. The second-order valence-electron chi connectivity index (χ2n) is 7.05. The molecule has 3 nitrogen and oxygen atoms in total. The highest BCUT2D eigenvalue weighted by atomic mass is 35.5. The number of halogens is 1. The molecular formula is C21H23ClN2O. The summed E-state index contributed by atoms with van der Waals surface area (Å²) in [4.78, 5) is 17.2. The van der Waals surface area contributed by atoms with Crippen molar-refractivity contribution in [2.24, 2.45) is 5.92 Å². The Bertz CT molecular complexity index is 741. The average Bonchev–Trinajstić information content (AvgIpc) is 3.45. The Morgan fingerprint density at radius 1 is 0.960 bits per heavy atom. The summed E-state index contributed by atoms with van der Waals surface area (Å²) in [6.07, 6.45) is 1.00. The van der Waals surface area contributed by atoms with Crippen molar-refractivity contribution in [1.82, 2.24) is 9.80 Å². The Labute approximate surface area is 154 Å². The molecule has 1 heterocycles. The molecule has 2 aromatic carbocycles. The SMILES string of the molecule is O=C([C@H]1C[C@H]1c1ccccc1)N1CCN(Cc2ccccc2Cl)CC1. The maximum absolute atomic E-state index is 12.7. The number of hydrogen-bond acceptors (Lipinski definition) is 2.